The molecule has 0 amide bonds. The van der Waals surface area contributed by atoms with Crippen molar-refractivity contribution >= 4 is 45.8 Å². The van der Waals surface area contributed by atoms with Crippen LogP contribution >= 0.6 is 35.2 Å². The van der Waals surface area contributed by atoms with Gasteiger partial charge in [-0.15, -0.1) is 11.3 Å². The Hall–Kier alpha value is -2.22. The van der Waals surface area contributed by atoms with E-state index in [9.17, 15) is 0 Å². The van der Waals surface area contributed by atoms with E-state index in [0.29, 0.717) is 27.8 Å². The van der Waals surface area contributed by atoms with Crippen LogP contribution in [0.25, 0.3) is 16.3 Å². The molecule has 0 saturated carbocycles. The van der Waals surface area contributed by atoms with Gasteiger partial charge in [-0.1, -0.05) is 48.8 Å². The summed E-state index contributed by atoms with van der Waals surface area (Å²) in [7, 11) is 0. The molecule has 0 saturated heterocycles. The number of halogens is 1. The SMILES string of the molecule is CC1=C(c2nc(-c3cccs3)no2)C(c2ccc(Cl)cc2)NC(=S)N1CC(C)C. The van der Waals surface area contributed by atoms with Crippen molar-refractivity contribution in [3.05, 3.63) is 64.0 Å². The van der Waals surface area contributed by atoms with Gasteiger partial charge in [0.15, 0.2) is 5.11 Å². The first-order chi connectivity index (χ1) is 13.9. The molecular weight excluding hydrogens is 424 g/mol. The number of thiocarbonyl (C=S) groups is 1. The minimum Gasteiger partial charge on any atom is -0.351 e. The molecule has 1 aliphatic rings. The van der Waals surface area contributed by atoms with E-state index in [0.717, 1.165) is 28.3 Å². The Kier molecular flexibility index (Phi) is 5.72. The second kappa shape index (κ2) is 8.26. The molecular formula is C21H21ClN4OS2. The van der Waals surface area contributed by atoms with Gasteiger partial charge < -0.3 is 14.7 Å². The Morgan fingerprint density at radius 3 is 2.69 bits per heavy atom. The second-order valence-electron chi connectivity index (χ2n) is 7.34. The third-order valence-corrected chi connectivity index (χ3v) is 6.20. The van der Waals surface area contributed by atoms with Crippen molar-refractivity contribution < 1.29 is 4.52 Å². The number of allylic oxidation sites excluding steroid dienone is 1. The Morgan fingerprint density at radius 2 is 2.03 bits per heavy atom. The molecule has 3 heterocycles. The molecule has 0 spiro atoms. The molecule has 2 aromatic heterocycles. The Morgan fingerprint density at radius 1 is 1.28 bits per heavy atom. The monoisotopic (exact) mass is 444 g/mol. The zero-order valence-corrected chi connectivity index (χ0v) is 18.7. The van der Waals surface area contributed by atoms with E-state index in [1.54, 1.807) is 11.3 Å². The van der Waals surface area contributed by atoms with Crippen molar-refractivity contribution in [1.82, 2.24) is 20.4 Å². The van der Waals surface area contributed by atoms with Crippen LogP contribution in [0.15, 0.2) is 52.0 Å². The lowest BCUT2D eigenvalue weighted by Gasteiger charge is -2.38. The fraction of sp³-hybridized carbons (Fsp3) is 0.286. The molecule has 150 valence electrons. The number of hydrogen-bond donors (Lipinski definition) is 1. The average Bonchev–Trinajstić information content (AvgIpc) is 3.37. The Labute approximate surface area is 184 Å². The van der Waals surface area contributed by atoms with E-state index in [2.05, 4.69) is 36.1 Å². The number of aromatic nitrogens is 2. The number of thiophene rings is 1. The van der Waals surface area contributed by atoms with Gasteiger partial charge >= 0.3 is 0 Å². The number of hydrogen-bond acceptors (Lipinski definition) is 5. The molecule has 0 bridgehead atoms. The zero-order valence-electron chi connectivity index (χ0n) is 16.3. The van der Waals surface area contributed by atoms with Crippen LogP contribution in [-0.4, -0.2) is 26.7 Å². The maximum Gasteiger partial charge on any atom is 0.258 e. The van der Waals surface area contributed by atoms with Gasteiger partial charge in [0.25, 0.3) is 5.89 Å². The quantitative estimate of drug-likeness (QED) is 0.504. The third-order valence-electron chi connectivity index (χ3n) is 4.75. The van der Waals surface area contributed by atoms with Crippen LogP contribution in [0.3, 0.4) is 0 Å². The van der Waals surface area contributed by atoms with E-state index in [4.69, 9.17) is 33.3 Å². The minimum absolute atomic E-state index is 0.195. The standard InChI is InChI=1S/C21H21ClN4OS2/c1-12(2)11-26-13(3)17(20-24-19(25-27-20)16-5-4-10-29-16)18(23-21(26)28)14-6-8-15(22)9-7-14/h4-10,12,18H,11H2,1-3H3,(H,23,28). The lowest BCUT2D eigenvalue weighted by molar-refractivity contribution is 0.386. The van der Waals surface area contributed by atoms with Crippen LogP contribution in [0.2, 0.25) is 5.02 Å². The first kappa shape index (κ1) is 20.1. The number of rotatable bonds is 5. The van der Waals surface area contributed by atoms with Crippen LogP contribution in [-0.2, 0) is 0 Å². The molecule has 1 atom stereocenters. The van der Waals surface area contributed by atoms with Gasteiger partial charge in [-0.2, -0.15) is 4.98 Å². The molecule has 1 unspecified atom stereocenters. The van der Waals surface area contributed by atoms with E-state index >= 15 is 0 Å². The van der Waals surface area contributed by atoms with E-state index in [1.807, 2.05) is 41.8 Å². The van der Waals surface area contributed by atoms with Gasteiger partial charge in [0.1, 0.15) is 0 Å². The summed E-state index contributed by atoms with van der Waals surface area (Å²) in [6, 6.07) is 11.5. The lowest BCUT2D eigenvalue weighted by Crippen LogP contribution is -2.47. The highest BCUT2D eigenvalue weighted by Gasteiger charge is 2.34. The third kappa shape index (κ3) is 4.08. The minimum atomic E-state index is -0.195. The fourth-order valence-corrected chi connectivity index (χ4v) is 4.49. The van der Waals surface area contributed by atoms with Gasteiger partial charge in [-0.3, -0.25) is 0 Å². The number of nitrogens with one attached hydrogen (secondary N) is 1. The highest BCUT2D eigenvalue weighted by molar-refractivity contribution is 7.80. The van der Waals surface area contributed by atoms with Crippen LogP contribution in [0.5, 0.6) is 0 Å². The highest BCUT2D eigenvalue weighted by atomic mass is 35.5. The van der Waals surface area contributed by atoms with Crippen LogP contribution < -0.4 is 5.32 Å². The predicted octanol–water partition coefficient (Wildman–Crippen LogP) is 5.77. The first-order valence-corrected chi connectivity index (χ1v) is 11.0. The molecule has 1 aliphatic heterocycles. The van der Waals surface area contributed by atoms with Crippen molar-refractivity contribution in [2.45, 2.75) is 26.8 Å². The molecule has 29 heavy (non-hydrogen) atoms. The zero-order chi connectivity index (χ0) is 20.5. The summed E-state index contributed by atoms with van der Waals surface area (Å²) in [5, 5.41) is 11.0. The smallest absolute Gasteiger partial charge is 0.258 e. The Bertz CT molecular complexity index is 1040. The van der Waals surface area contributed by atoms with E-state index in [1.165, 1.54) is 0 Å². The fourth-order valence-electron chi connectivity index (χ4n) is 3.39. The van der Waals surface area contributed by atoms with Crippen molar-refractivity contribution in [3.8, 4) is 10.7 Å². The molecule has 4 rings (SSSR count). The summed E-state index contributed by atoms with van der Waals surface area (Å²) in [4.78, 5) is 7.78. The average molecular weight is 445 g/mol. The maximum atomic E-state index is 6.10. The molecule has 0 radical (unpaired) electrons. The molecule has 3 aromatic rings. The van der Waals surface area contributed by atoms with Gasteiger partial charge in [0.2, 0.25) is 5.82 Å². The van der Waals surface area contributed by atoms with Crippen LogP contribution in [0, 0.1) is 5.92 Å². The van der Waals surface area contributed by atoms with Crippen molar-refractivity contribution in [1.29, 1.82) is 0 Å². The summed E-state index contributed by atoms with van der Waals surface area (Å²) in [6.45, 7) is 7.20. The van der Waals surface area contributed by atoms with E-state index < -0.39 is 0 Å². The molecule has 0 fully saturated rings. The summed E-state index contributed by atoms with van der Waals surface area (Å²) in [6.07, 6.45) is 0. The Balaban J connectivity index is 1.82. The van der Waals surface area contributed by atoms with Gasteiger partial charge in [0, 0.05) is 17.3 Å². The van der Waals surface area contributed by atoms with Crippen molar-refractivity contribution in [3.63, 3.8) is 0 Å². The molecule has 8 heteroatoms. The second-order valence-corrected chi connectivity index (χ2v) is 9.11. The van der Waals surface area contributed by atoms with Gasteiger partial charge in [0.05, 0.1) is 16.5 Å². The molecule has 1 N–H and O–H groups in total. The van der Waals surface area contributed by atoms with Gasteiger partial charge in [-0.25, -0.2) is 0 Å². The summed E-state index contributed by atoms with van der Waals surface area (Å²) >= 11 is 13.4. The molecule has 0 aliphatic carbocycles. The van der Waals surface area contributed by atoms with Crippen molar-refractivity contribution in [2.24, 2.45) is 5.92 Å². The number of nitrogens with zero attached hydrogens (tertiary/aromatic N) is 3. The molecule has 5 nitrogen and oxygen atoms in total. The summed E-state index contributed by atoms with van der Waals surface area (Å²) in [5.41, 5.74) is 2.98. The lowest BCUT2D eigenvalue weighted by atomic mass is 9.94. The van der Waals surface area contributed by atoms with Crippen LogP contribution in [0.1, 0.15) is 38.3 Å². The first-order valence-electron chi connectivity index (χ1n) is 9.36. The normalized spacial score (nSPS) is 17.2. The van der Waals surface area contributed by atoms with Crippen molar-refractivity contribution in [2.75, 3.05) is 6.54 Å². The highest BCUT2D eigenvalue weighted by Crippen LogP contribution is 2.38. The topological polar surface area (TPSA) is 54.2 Å². The maximum absolute atomic E-state index is 6.10. The largest absolute Gasteiger partial charge is 0.351 e. The van der Waals surface area contributed by atoms with Gasteiger partial charge in [-0.05, 0) is 54.2 Å². The summed E-state index contributed by atoms with van der Waals surface area (Å²) in [5.74, 6) is 1.53. The number of benzene rings is 1. The predicted molar refractivity (Wildman–Crippen MR) is 122 cm³/mol. The van der Waals surface area contributed by atoms with Crippen LogP contribution in [0.4, 0.5) is 0 Å². The van der Waals surface area contributed by atoms with E-state index in [-0.39, 0.29) is 6.04 Å². The molecule has 1 aromatic carbocycles. The summed E-state index contributed by atoms with van der Waals surface area (Å²) < 4.78 is 5.71.